The van der Waals surface area contributed by atoms with Gasteiger partial charge in [0.15, 0.2) is 0 Å². The van der Waals surface area contributed by atoms with Gasteiger partial charge in [0.05, 0.1) is 0 Å². The van der Waals surface area contributed by atoms with Gasteiger partial charge in [0.2, 0.25) is 0 Å². The largest absolute Gasteiger partial charge is 0.366 e. The van der Waals surface area contributed by atoms with Crippen molar-refractivity contribution in [3.05, 3.63) is 18.1 Å². The molecule has 4 heteroatoms. The molecule has 15 heavy (non-hydrogen) atoms. The summed E-state index contributed by atoms with van der Waals surface area (Å²) in [5.41, 5.74) is 1.08. The molecule has 0 aliphatic carbocycles. The van der Waals surface area contributed by atoms with Crippen molar-refractivity contribution in [3.63, 3.8) is 0 Å². The van der Waals surface area contributed by atoms with Crippen LogP contribution in [0.25, 0.3) is 0 Å². The molecule has 0 aliphatic heterocycles. The lowest BCUT2D eigenvalue weighted by Crippen LogP contribution is -2.20. The van der Waals surface area contributed by atoms with E-state index in [1.807, 2.05) is 6.07 Å². The van der Waals surface area contributed by atoms with E-state index in [1.165, 1.54) is 0 Å². The lowest BCUT2D eigenvalue weighted by atomic mass is 10.2. The van der Waals surface area contributed by atoms with Gasteiger partial charge in [-0.15, -0.1) is 11.6 Å². The molecule has 0 aromatic carbocycles. The number of alkyl halides is 1. The van der Waals surface area contributed by atoms with Crippen molar-refractivity contribution < 1.29 is 0 Å². The molecule has 0 fully saturated rings. The molecule has 0 saturated carbocycles. The Bertz CT molecular complexity index is 287. The first kappa shape index (κ1) is 12.2. The Balaban J connectivity index is 2.64. The molecule has 0 radical (unpaired) electrons. The quantitative estimate of drug-likeness (QED) is 0.760. The van der Waals surface area contributed by atoms with Crippen molar-refractivity contribution in [2.75, 3.05) is 11.2 Å². The molecule has 0 saturated heterocycles. The number of nitrogens with zero attached hydrogens (tertiary/aromatic N) is 2. The highest BCUT2D eigenvalue weighted by atomic mass is 35.5. The molecule has 1 aromatic heterocycles. The minimum absolute atomic E-state index is 0.288. The number of hydrogen-bond acceptors (Lipinski definition) is 3. The fraction of sp³-hybridized carbons (Fsp3) is 0.636. The highest BCUT2D eigenvalue weighted by Crippen LogP contribution is 2.09. The number of hydrogen-bond donors (Lipinski definition) is 1. The summed E-state index contributed by atoms with van der Waals surface area (Å²) in [6, 6.07) is 2.29. The minimum Gasteiger partial charge on any atom is -0.366 e. The first-order chi connectivity index (χ1) is 7.30. The van der Waals surface area contributed by atoms with E-state index in [2.05, 4.69) is 29.1 Å². The molecular weight excluding hydrogens is 210 g/mol. The summed E-state index contributed by atoms with van der Waals surface area (Å²) >= 11 is 5.81. The molecule has 3 nitrogen and oxygen atoms in total. The summed E-state index contributed by atoms with van der Waals surface area (Å²) in [5, 5.41) is 3.29. The van der Waals surface area contributed by atoms with E-state index in [9.17, 15) is 0 Å². The fourth-order valence-corrected chi connectivity index (χ4v) is 1.62. The predicted octanol–water partition coefficient (Wildman–Crippen LogP) is 2.86. The van der Waals surface area contributed by atoms with E-state index >= 15 is 0 Å². The Kier molecular flexibility index (Phi) is 5.40. The number of aromatic nitrogens is 2. The maximum Gasteiger partial charge on any atom is 0.129 e. The summed E-state index contributed by atoms with van der Waals surface area (Å²) in [4.78, 5) is 8.38. The Hall–Kier alpha value is -0.830. The van der Waals surface area contributed by atoms with Crippen LogP contribution in [0.4, 0.5) is 5.82 Å². The third-order valence-corrected chi connectivity index (χ3v) is 2.63. The van der Waals surface area contributed by atoms with Gasteiger partial charge in [0.1, 0.15) is 12.1 Å². The lowest BCUT2D eigenvalue weighted by molar-refractivity contribution is 0.762. The summed E-state index contributed by atoms with van der Waals surface area (Å²) in [6.07, 6.45) is 4.70. The molecule has 84 valence electrons. The zero-order chi connectivity index (χ0) is 11.1. The molecule has 0 amide bonds. The average Bonchev–Trinajstić information content (AvgIpc) is 2.27. The van der Waals surface area contributed by atoms with Crippen molar-refractivity contribution in [1.29, 1.82) is 0 Å². The van der Waals surface area contributed by atoms with Crippen LogP contribution in [-0.4, -0.2) is 21.9 Å². The molecule has 1 N–H and O–H groups in total. The third-order valence-electron chi connectivity index (χ3n) is 2.26. The Morgan fingerprint density at radius 2 is 2.20 bits per heavy atom. The van der Waals surface area contributed by atoms with Gasteiger partial charge in [-0.05, 0) is 12.8 Å². The van der Waals surface area contributed by atoms with E-state index in [0.29, 0.717) is 5.88 Å². The summed E-state index contributed by atoms with van der Waals surface area (Å²) in [5.74, 6) is 1.48. The van der Waals surface area contributed by atoms with Gasteiger partial charge in [-0.1, -0.05) is 20.3 Å². The van der Waals surface area contributed by atoms with Crippen LogP contribution < -0.4 is 5.32 Å². The van der Waals surface area contributed by atoms with Crippen LogP contribution in [-0.2, 0) is 6.42 Å². The van der Waals surface area contributed by atoms with Crippen molar-refractivity contribution in [1.82, 2.24) is 9.97 Å². The van der Waals surface area contributed by atoms with Crippen LogP contribution in [0.3, 0.4) is 0 Å². The van der Waals surface area contributed by atoms with Crippen LogP contribution in [0.1, 0.15) is 32.4 Å². The summed E-state index contributed by atoms with van der Waals surface area (Å²) in [7, 11) is 0. The molecule has 0 spiro atoms. The van der Waals surface area contributed by atoms with Crippen LogP contribution in [0.15, 0.2) is 12.4 Å². The molecule has 1 unspecified atom stereocenters. The van der Waals surface area contributed by atoms with Gasteiger partial charge in [-0.25, -0.2) is 9.97 Å². The summed E-state index contributed by atoms with van der Waals surface area (Å²) in [6.45, 7) is 4.25. The van der Waals surface area contributed by atoms with Crippen LogP contribution in [0, 0.1) is 0 Å². The lowest BCUT2D eigenvalue weighted by Gasteiger charge is -2.14. The van der Waals surface area contributed by atoms with Crippen molar-refractivity contribution in [3.8, 4) is 0 Å². The minimum atomic E-state index is 0.288. The molecule has 0 bridgehead atoms. The topological polar surface area (TPSA) is 37.8 Å². The first-order valence-corrected chi connectivity index (χ1v) is 5.97. The Morgan fingerprint density at radius 1 is 1.40 bits per heavy atom. The molecule has 0 aliphatic rings. The van der Waals surface area contributed by atoms with Crippen molar-refractivity contribution in [2.24, 2.45) is 0 Å². The standard InChI is InChI=1S/C11H18ClN3/c1-3-5-10-6-11(14-8-13-10)15-9(4-2)7-12/h6,8-9H,3-5,7H2,1-2H3,(H,13,14,15). The highest BCUT2D eigenvalue weighted by Gasteiger charge is 2.05. The van der Waals surface area contributed by atoms with Gasteiger partial charge in [-0.2, -0.15) is 0 Å². The monoisotopic (exact) mass is 227 g/mol. The predicted molar refractivity (Wildman–Crippen MR) is 64.4 cm³/mol. The van der Waals surface area contributed by atoms with Crippen molar-refractivity contribution >= 4 is 17.4 Å². The van der Waals surface area contributed by atoms with E-state index in [4.69, 9.17) is 11.6 Å². The van der Waals surface area contributed by atoms with Gasteiger partial charge >= 0.3 is 0 Å². The maximum atomic E-state index is 5.81. The Morgan fingerprint density at radius 3 is 2.80 bits per heavy atom. The van der Waals surface area contributed by atoms with Crippen molar-refractivity contribution in [2.45, 2.75) is 39.2 Å². The van der Waals surface area contributed by atoms with Gasteiger partial charge in [-0.3, -0.25) is 0 Å². The number of nitrogens with one attached hydrogen (secondary N) is 1. The molecule has 1 rings (SSSR count). The molecule has 1 atom stereocenters. The van der Waals surface area contributed by atoms with E-state index in [0.717, 1.165) is 30.8 Å². The second-order valence-corrected chi connectivity index (χ2v) is 3.86. The van der Waals surface area contributed by atoms with E-state index in [1.54, 1.807) is 6.33 Å². The fourth-order valence-electron chi connectivity index (χ4n) is 1.33. The van der Waals surface area contributed by atoms with Crippen LogP contribution >= 0.6 is 11.6 Å². The average molecular weight is 228 g/mol. The third kappa shape index (κ3) is 4.04. The molecule has 1 aromatic rings. The number of halogens is 1. The molecule has 1 heterocycles. The highest BCUT2D eigenvalue weighted by molar-refractivity contribution is 6.18. The smallest absolute Gasteiger partial charge is 0.129 e. The summed E-state index contributed by atoms with van der Waals surface area (Å²) < 4.78 is 0. The van der Waals surface area contributed by atoms with Gasteiger partial charge in [0, 0.05) is 23.7 Å². The SMILES string of the molecule is CCCc1cc(NC(CC)CCl)ncn1. The first-order valence-electron chi connectivity index (χ1n) is 5.43. The van der Waals surface area contributed by atoms with Crippen LogP contribution in [0.5, 0.6) is 0 Å². The zero-order valence-corrected chi connectivity index (χ0v) is 10.1. The number of rotatable bonds is 6. The number of aryl methyl sites for hydroxylation is 1. The van der Waals surface area contributed by atoms with E-state index < -0.39 is 0 Å². The molecular formula is C11H18ClN3. The number of anilines is 1. The Labute approximate surface area is 96.3 Å². The normalized spacial score (nSPS) is 12.5. The second-order valence-electron chi connectivity index (χ2n) is 3.55. The van der Waals surface area contributed by atoms with Gasteiger partial charge in [0.25, 0.3) is 0 Å². The zero-order valence-electron chi connectivity index (χ0n) is 9.33. The maximum absolute atomic E-state index is 5.81. The van der Waals surface area contributed by atoms with Crippen LogP contribution in [0.2, 0.25) is 0 Å². The second kappa shape index (κ2) is 6.62. The van der Waals surface area contributed by atoms with E-state index in [-0.39, 0.29) is 6.04 Å². The van der Waals surface area contributed by atoms with Gasteiger partial charge < -0.3 is 5.32 Å².